The highest BCUT2D eigenvalue weighted by Gasteiger charge is 2.28. The number of rotatable bonds is 4. The molecule has 0 saturated carbocycles. The molecule has 0 saturated heterocycles. The fraction of sp³-hybridized carbons (Fsp3) is 0.231. The van der Waals surface area contributed by atoms with Crippen molar-refractivity contribution in [3.8, 4) is 0 Å². The van der Waals surface area contributed by atoms with E-state index >= 15 is 0 Å². The van der Waals surface area contributed by atoms with Crippen molar-refractivity contribution in [1.29, 1.82) is 0 Å². The SMILES string of the molecule is Cc1ccc([C@H](CN)S(=O)(=O)c2cccs2)cc1. The van der Waals surface area contributed by atoms with Gasteiger partial charge in [-0.3, -0.25) is 0 Å². The number of hydrogen-bond acceptors (Lipinski definition) is 4. The van der Waals surface area contributed by atoms with Gasteiger partial charge in [-0.1, -0.05) is 35.9 Å². The summed E-state index contributed by atoms with van der Waals surface area (Å²) in [5.41, 5.74) is 7.51. The second-order valence-corrected chi connectivity index (χ2v) is 7.42. The molecular formula is C13H15NO2S2. The third kappa shape index (κ3) is 2.48. The van der Waals surface area contributed by atoms with Crippen molar-refractivity contribution in [1.82, 2.24) is 0 Å². The van der Waals surface area contributed by atoms with E-state index in [9.17, 15) is 8.42 Å². The Morgan fingerprint density at radius 2 is 1.89 bits per heavy atom. The van der Waals surface area contributed by atoms with E-state index in [0.717, 1.165) is 11.1 Å². The van der Waals surface area contributed by atoms with Crippen molar-refractivity contribution < 1.29 is 8.42 Å². The molecule has 0 amide bonds. The standard InChI is InChI=1S/C13H15NO2S2/c1-10-4-6-11(7-5-10)12(9-14)18(15,16)13-3-2-8-17-13/h2-8,12H,9,14H2,1H3/t12-/m0/s1. The van der Waals surface area contributed by atoms with E-state index in [1.165, 1.54) is 11.3 Å². The van der Waals surface area contributed by atoms with Gasteiger partial charge in [0.15, 0.2) is 9.84 Å². The van der Waals surface area contributed by atoms with Crippen molar-refractivity contribution in [2.75, 3.05) is 6.54 Å². The maximum Gasteiger partial charge on any atom is 0.195 e. The van der Waals surface area contributed by atoms with E-state index in [-0.39, 0.29) is 6.54 Å². The van der Waals surface area contributed by atoms with Gasteiger partial charge in [0.25, 0.3) is 0 Å². The third-order valence-electron chi connectivity index (χ3n) is 2.81. The Bertz CT molecular complexity index is 601. The first-order valence-corrected chi connectivity index (χ1v) is 8.02. The Balaban J connectivity index is 2.43. The van der Waals surface area contributed by atoms with Gasteiger partial charge in [0, 0.05) is 6.54 Å². The first kappa shape index (κ1) is 13.3. The lowest BCUT2D eigenvalue weighted by molar-refractivity contribution is 0.584. The minimum atomic E-state index is -3.38. The zero-order chi connectivity index (χ0) is 13.2. The molecule has 0 aliphatic rings. The van der Waals surface area contributed by atoms with Crippen molar-refractivity contribution in [2.24, 2.45) is 5.73 Å². The molecule has 2 N–H and O–H groups in total. The summed E-state index contributed by atoms with van der Waals surface area (Å²) in [5.74, 6) is 0. The monoisotopic (exact) mass is 281 g/mol. The highest BCUT2D eigenvalue weighted by molar-refractivity contribution is 7.93. The van der Waals surface area contributed by atoms with Crippen molar-refractivity contribution in [3.63, 3.8) is 0 Å². The van der Waals surface area contributed by atoms with Crippen molar-refractivity contribution >= 4 is 21.2 Å². The van der Waals surface area contributed by atoms with E-state index in [4.69, 9.17) is 5.73 Å². The molecule has 1 atom stereocenters. The summed E-state index contributed by atoms with van der Waals surface area (Å²) in [7, 11) is -3.38. The van der Waals surface area contributed by atoms with Gasteiger partial charge in [0.05, 0.1) is 0 Å². The van der Waals surface area contributed by atoms with Crippen molar-refractivity contribution in [3.05, 3.63) is 52.9 Å². The Labute approximate surface area is 111 Å². The first-order chi connectivity index (χ1) is 8.55. The van der Waals surface area contributed by atoms with E-state index in [0.29, 0.717) is 4.21 Å². The van der Waals surface area contributed by atoms with Crippen LogP contribution in [0.3, 0.4) is 0 Å². The second kappa shape index (κ2) is 5.22. The summed E-state index contributed by atoms with van der Waals surface area (Å²) in [4.78, 5) is 0. The average Bonchev–Trinajstić information content (AvgIpc) is 2.86. The second-order valence-electron chi connectivity index (χ2n) is 4.11. The van der Waals surface area contributed by atoms with Crippen LogP contribution in [0.1, 0.15) is 16.4 Å². The Kier molecular flexibility index (Phi) is 3.85. The van der Waals surface area contributed by atoms with Crippen LogP contribution in [0.2, 0.25) is 0 Å². The molecule has 0 unspecified atom stereocenters. The molecule has 0 radical (unpaired) electrons. The fourth-order valence-electron chi connectivity index (χ4n) is 1.79. The summed E-state index contributed by atoms with van der Waals surface area (Å²) in [6.07, 6.45) is 0. The predicted molar refractivity (Wildman–Crippen MR) is 74.5 cm³/mol. The van der Waals surface area contributed by atoms with Crippen LogP contribution in [0.25, 0.3) is 0 Å². The third-order valence-corrected chi connectivity index (χ3v) is 6.37. The van der Waals surface area contributed by atoms with Gasteiger partial charge in [0.2, 0.25) is 0 Å². The lowest BCUT2D eigenvalue weighted by Gasteiger charge is -2.15. The maximum absolute atomic E-state index is 12.4. The molecule has 0 bridgehead atoms. The molecule has 3 nitrogen and oxygen atoms in total. The van der Waals surface area contributed by atoms with Gasteiger partial charge in [-0.15, -0.1) is 11.3 Å². The molecule has 0 aliphatic heterocycles. The minimum absolute atomic E-state index is 0.0866. The smallest absolute Gasteiger partial charge is 0.195 e. The first-order valence-electron chi connectivity index (χ1n) is 5.59. The van der Waals surface area contributed by atoms with Gasteiger partial charge in [-0.2, -0.15) is 0 Å². The molecule has 0 aliphatic carbocycles. The zero-order valence-electron chi connectivity index (χ0n) is 10.0. The van der Waals surface area contributed by atoms with Gasteiger partial charge < -0.3 is 5.73 Å². The maximum atomic E-state index is 12.4. The van der Waals surface area contributed by atoms with Gasteiger partial charge in [-0.05, 0) is 23.9 Å². The molecule has 2 aromatic rings. The molecule has 2 rings (SSSR count). The van der Waals surface area contributed by atoms with Crippen LogP contribution < -0.4 is 5.73 Å². The molecule has 0 fully saturated rings. The fourth-order valence-corrected chi connectivity index (χ4v) is 4.61. The lowest BCUT2D eigenvalue weighted by atomic mass is 10.1. The summed E-state index contributed by atoms with van der Waals surface area (Å²) in [6.45, 7) is 2.05. The van der Waals surface area contributed by atoms with Gasteiger partial charge in [0.1, 0.15) is 9.46 Å². The molecule has 0 spiro atoms. The van der Waals surface area contributed by atoms with Crippen LogP contribution in [0.4, 0.5) is 0 Å². The number of hydrogen-bond donors (Lipinski definition) is 1. The predicted octanol–water partition coefficient (Wildman–Crippen LogP) is 2.53. The quantitative estimate of drug-likeness (QED) is 0.936. The number of thiophene rings is 1. The average molecular weight is 281 g/mol. The summed E-state index contributed by atoms with van der Waals surface area (Å²) < 4.78 is 25.3. The van der Waals surface area contributed by atoms with Crippen LogP contribution in [0.5, 0.6) is 0 Å². The zero-order valence-corrected chi connectivity index (χ0v) is 11.7. The van der Waals surface area contributed by atoms with E-state index in [2.05, 4.69) is 0 Å². The molecule has 18 heavy (non-hydrogen) atoms. The minimum Gasteiger partial charge on any atom is -0.329 e. The van der Waals surface area contributed by atoms with Crippen molar-refractivity contribution in [2.45, 2.75) is 16.4 Å². The largest absolute Gasteiger partial charge is 0.329 e. The van der Waals surface area contributed by atoms with Crippen LogP contribution in [0.15, 0.2) is 46.0 Å². The van der Waals surface area contributed by atoms with Gasteiger partial charge in [-0.25, -0.2) is 8.42 Å². The van der Waals surface area contributed by atoms with E-state index < -0.39 is 15.1 Å². The number of benzene rings is 1. The van der Waals surface area contributed by atoms with E-state index in [1.54, 1.807) is 17.5 Å². The normalized spacial score (nSPS) is 13.4. The van der Waals surface area contributed by atoms with Crippen LogP contribution in [0, 0.1) is 6.92 Å². The molecule has 1 aromatic carbocycles. The summed E-state index contributed by atoms with van der Waals surface area (Å²) in [5, 5.41) is 1.09. The molecule has 96 valence electrons. The number of aryl methyl sites for hydroxylation is 1. The van der Waals surface area contributed by atoms with Crippen LogP contribution in [-0.2, 0) is 9.84 Å². The molecular weight excluding hydrogens is 266 g/mol. The highest BCUT2D eigenvalue weighted by Crippen LogP contribution is 2.30. The number of sulfone groups is 1. The Morgan fingerprint density at radius 1 is 1.22 bits per heavy atom. The Hall–Kier alpha value is -1.17. The highest BCUT2D eigenvalue weighted by atomic mass is 32.2. The lowest BCUT2D eigenvalue weighted by Crippen LogP contribution is -2.21. The molecule has 5 heteroatoms. The topological polar surface area (TPSA) is 60.2 Å². The molecule has 1 aromatic heterocycles. The summed E-state index contributed by atoms with van der Waals surface area (Å²) >= 11 is 1.23. The number of nitrogens with two attached hydrogens (primary N) is 1. The van der Waals surface area contributed by atoms with Gasteiger partial charge >= 0.3 is 0 Å². The Morgan fingerprint density at radius 3 is 2.39 bits per heavy atom. The van der Waals surface area contributed by atoms with Crippen LogP contribution in [-0.4, -0.2) is 15.0 Å². The summed E-state index contributed by atoms with van der Waals surface area (Å²) in [6, 6.07) is 10.8. The van der Waals surface area contributed by atoms with Crippen LogP contribution >= 0.6 is 11.3 Å². The molecule has 1 heterocycles. The van der Waals surface area contributed by atoms with E-state index in [1.807, 2.05) is 31.2 Å².